The summed E-state index contributed by atoms with van der Waals surface area (Å²) in [7, 11) is 1.48. The molecule has 0 bridgehead atoms. The highest BCUT2D eigenvalue weighted by Gasteiger charge is 2.49. The maximum Gasteiger partial charge on any atom is 0.405 e. The highest BCUT2D eigenvalue weighted by Crippen LogP contribution is 2.29. The van der Waals surface area contributed by atoms with Gasteiger partial charge in [0.15, 0.2) is 0 Å². The topological polar surface area (TPSA) is 117 Å². The minimum atomic E-state index is -4.58. The smallest absolute Gasteiger partial charge is 0.405 e. The number of halogens is 3. The number of alkyl halides is 3. The second-order valence-corrected chi connectivity index (χ2v) is 6.34. The number of urea groups is 1. The SMILES string of the molecule is COc1ccc(C2(C)NC(=O)N(CC(=O)NCC(=O)NCC(F)(F)F)C2=O)cc1. The third kappa shape index (κ3) is 5.36. The molecule has 1 heterocycles. The Hall–Kier alpha value is -3.31. The number of imide groups is 1. The molecule has 9 nitrogen and oxygen atoms in total. The summed E-state index contributed by atoms with van der Waals surface area (Å²) in [6.45, 7) is -1.48. The Morgan fingerprint density at radius 1 is 1.14 bits per heavy atom. The summed E-state index contributed by atoms with van der Waals surface area (Å²) in [5.74, 6) is -2.08. The van der Waals surface area contributed by atoms with E-state index in [1.165, 1.54) is 14.0 Å². The third-order valence-electron chi connectivity index (χ3n) is 4.18. The number of rotatable bonds is 7. The van der Waals surface area contributed by atoms with Crippen LogP contribution in [0.25, 0.3) is 0 Å². The standard InChI is InChI=1S/C17H19F3N4O5/c1-16(10-3-5-11(29-2)6-4-10)14(27)24(15(28)23-16)8-13(26)21-7-12(25)22-9-17(18,19)20/h3-6H,7-9H2,1-2H3,(H,21,26)(H,22,25)(H,23,28). The van der Waals surface area contributed by atoms with Crippen molar-refractivity contribution in [1.82, 2.24) is 20.9 Å². The summed E-state index contributed by atoms with van der Waals surface area (Å²) in [6, 6.07) is 5.58. The van der Waals surface area contributed by atoms with E-state index in [-0.39, 0.29) is 0 Å². The summed E-state index contributed by atoms with van der Waals surface area (Å²) in [5, 5.41) is 6.15. The van der Waals surface area contributed by atoms with Crippen molar-refractivity contribution < 1.29 is 37.1 Å². The molecule has 3 N–H and O–H groups in total. The third-order valence-corrected chi connectivity index (χ3v) is 4.18. The first kappa shape index (κ1) is 22.0. The Labute approximate surface area is 163 Å². The predicted molar refractivity (Wildman–Crippen MR) is 92.7 cm³/mol. The molecule has 0 saturated carbocycles. The lowest BCUT2D eigenvalue weighted by Gasteiger charge is -2.22. The van der Waals surface area contributed by atoms with Gasteiger partial charge in [0.25, 0.3) is 5.91 Å². The first-order valence-electron chi connectivity index (χ1n) is 8.35. The van der Waals surface area contributed by atoms with E-state index in [0.717, 1.165) is 0 Å². The van der Waals surface area contributed by atoms with Gasteiger partial charge < -0.3 is 20.7 Å². The Morgan fingerprint density at radius 3 is 2.31 bits per heavy atom. The summed E-state index contributed by atoms with van der Waals surface area (Å²) >= 11 is 0. The summed E-state index contributed by atoms with van der Waals surface area (Å²) in [5.41, 5.74) is -0.945. The molecule has 1 atom stereocenters. The van der Waals surface area contributed by atoms with Crippen LogP contribution in [-0.4, -0.2) is 61.6 Å². The van der Waals surface area contributed by atoms with Gasteiger partial charge >= 0.3 is 12.2 Å². The molecule has 1 aliphatic rings. The van der Waals surface area contributed by atoms with E-state index >= 15 is 0 Å². The lowest BCUT2D eigenvalue weighted by atomic mass is 9.92. The highest BCUT2D eigenvalue weighted by atomic mass is 19.4. The average Bonchev–Trinajstić information content (AvgIpc) is 2.88. The maximum atomic E-state index is 12.7. The molecule has 1 aliphatic heterocycles. The average molecular weight is 416 g/mol. The minimum absolute atomic E-state index is 0.464. The van der Waals surface area contributed by atoms with Crippen LogP contribution < -0.4 is 20.7 Å². The highest BCUT2D eigenvalue weighted by molar-refractivity contribution is 6.09. The first-order chi connectivity index (χ1) is 13.5. The number of nitrogens with zero attached hydrogens (tertiary/aromatic N) is 1. The zero-order valence-electron chi connectivity index (χ0n) is 15.6. The van der Waals surface area contributed by atoms with Crippen LogP contribution in [0.1, 0.15) is 12.5 Å². The Bertz CT molecular complexity index is 812. The molecule has 1 saturated heterocycles. The van der Waals surface area contributed by atoms with Crippen LogP contribution in [0.4, 0.5) is 18.0 Å². The van der Waals surface area contributed by atoms with Crippen molar-refractivity contribution in [2.24, 2.45) is 0 Å². The van der Waals surface area contributed by atoms with Crippen LogP contribution in [0.3, 0.4) is 0 Å². The van der Waals surface area contributed by atoms with Gasteiger partial charge in [0, 0.05) is 0 Å². The molecule has 2 rings (SSSR count). The fraction of sp³-hybridized carbons (Fsp3) is 0.412. The van der Waals surface area contributed by atoms with E-state index in [1.54, 1.807) is 29.6 Å². The lowest BCUT2D eigenvalue weighted by molar-refractivity contribution is -0.139. The molecule has 0 aromatic heterocycles. The number of carbonyl (C=O) groups excluding carboxylic acids is 4. The summed E-state index contributed by atoms with van der Waals surface area (Å²) in [4.78, 5) is 48.8. The van der Waals surface area contributed by atoms with Crippen molar-refractivity contribution in [3.63, 3.8) is 0 Å². The number of hydrogen-bond donors (Lipinski definition) is 3. The summed E-state index contributed by atoms with van der Waals surface area (Å²) in [6.07, 6.45) is -4.58. The fourth-order valence-electron chi connectivity index (χ4n) is 2.60. The van der Waals surface area contributed by atoms with Crippen molar-refractivity contribution >= 4 is 23.8 Å². The molecule has 1 fully saturated rings. The van der Waals surface area contributed by atoms with Crippen molar-refractivity contribution in [3.05, 3.63) is 29.8 Å². The first-order valence-corrected chi connectivity index (χ1v) is 8.35. The van der Waals surface area contributed by atoms with Crippen LogP contribution in [0, 0.1) is 0 Å². The molecule has 0 aliphatic carbocycles. The van der Waals surface area contributed by atoms with Gasteiger partial charge in [-0.25, -0.2) is 4.79 Å². The van der Waals surface area contributed by atoms with Gasteiger partial charge in [-0.15, -0.1) is 0 Å². The Balaban J connectivity index is 1.95. The molecular weight excluding hydrogens is 397 g/mol. The van der Waals surface area contributed by atoms with Crippen LogP contribution >= 0.6 is 0 Å². The van der Waals surface area contributed by atoms with Gasteiger partial charge in [0.2, 0.25) is 11.8 Å². The number of methoxy groups -OCH3 is 1. The largest absolute Gasteiger partial charge is 0.497 e. The van der Waals surface area contributed by atoms with Gasteiger partial charge in [0.1, 0.15) is 24.4 Å². The molecule has 1 aromatic rings. The molecule has 1 aromatic carbocycles. The Kier molecular flexibility index (Phi) is 6.34. The van der Waals surface area contributed by atoms with Crippen molar-refractivity contribution in [2.75, 3.05) is 26.7 Å². The predicted octanol–water partition coefficient (Wildman–Crippen LogP) is 0.257. The minimum Gasteiger partial charge on any atom is -0.497 e. The zero-order chi connectivity index (χ0) is 21.8. The van der Waals surface area contributed by atoms with Crippen molar-refractivity contribution in [3.8, 4) is 5.75 Å². The second-order valence-electron chi connectivity index (χ2n) is 6.34. The normalized spacial score (nSPS) is 19.0. The Morgan fingerprint density at radius 2 is 1.76 bits per heavy atom. The number of amides is 5. The monoisotopic (exact) mass is 416 g/mol. The number of carbonyl (C=O) groups is 4. The molecule has 0 radical (unpaired) electrons. The number of ether oxygens (including phenoxy) is 1. The van der Waals surface area contributed by atoms with Crippen LogP contribution in [-0.2, 0) is 19.9 Å². The summed E-state index contributed by atoms with van der Waals surface area (Å²) < 4.78 is 41.1. The zero-order valence-corrected chi connectivity index (χ0v) is 15.6. The molecule has 12 heteroatoms. The number of hydrogen-bond acceptors (Lipinski definition) is 5. The van der Waals surface area contributed by atoms with Gasteiger partial charge in [-0.05, 0) is 24.6 Å². The van der Waals surface area contributed by atoms with E-state index < -0.39 is 55.1 Å². The quantitative estimate of drug-likeness (QED) is 0.552. The molecule has 29 heavy (non-hydrogen) atoms. The van der Waals surface area contributed by atoms with Crippen LogP contribution in [0.2, 0.25) is 0 Å². The van der Waals surface area contributed by atoms with E-state index in [1.807, 2.05) is 0 Å². The number of nitrogens with one attached hydrogen (secondary N) is 3. The van der Waals surface area contributed by atoms with E-state index in [9.17, 15) is 32.3 Å². The molecule has 158 valence electrons. The van der Waals surface area contributed by atoms with Gasteiger partial charge in [-0.3, -0.25) is 19.3 Å². The van der Waals surface area contributed by atoms with E-state index in [4.69, 9.17) is 4.74 Å². The molecular formula is C17H19F3N4O5. The number of benzene rings is 1. The van der Waals surface area contributed by atoms with Crippen LogP contribution in [0.5, 0.6) is 5.75 Å². The van der Waals surface area contributed by atoms with Gasteiger partial charge in [-0.1, -0.05) is 12.1 Å². The molecule has 5 amide bonds. The van der Waals surface area contributed by atoms with Crippen molar-refractivity contribution in [1.29, 1.82) is 0 Å². The van der Waals surface area contributed by atoms with Gasteiger partial charge in [0.05, 0.1) is 13.7 Å². The van der Waals surface area contributed by atoms with E-state index in [0.29, 0.717) is 16.2 Å². The second kappa shape index (κ2) is 8.37. The van der Waals surface area contributed by atoms with E-state index in [2.05, 4.69) is 10.6 Å². The van der Waals surface area contributed by atoms with Gasteiger partial charge in [-0.2, -0.15) is 13.2 Å². The van der Waals surface area contributed by atoms with Crippen molar-refractivity contribution in [2.45, 2.75) is 18.6 Å². The lowest BCUT2D eigenvalue weighted by Crippen LogP contribution is -2.46. The molecule has 0 spiro atoms. The maximum absolute atomic E-state index is 12.7. The molecule has 1 unspecified atom stereocenters. The fourth-order valence-corrected chi connectivity index (χ4v) is 2.60. The van der Waals surface area contributed by atoms with Crippen LogP contribution in [0.15, 0.2) is 24.3 Å².